The number of nitriles is 1. The van der Waals surface area contributed by atoms with Crippen molar-refractivity contribution in [1.29, 1.82) is 5.26 Å². The third-order valence-corrected chi connectivity index (χ3v) is 14.2. The topological polar surface area (TPSA) is 173 Å². The minimum atomic E-state index is -0.865. The number of nitrogens with one attached hydrogen (secondary N) is 2. The summed E-state index contributed by atoms with van der Waals surface area (Å²) in [5, 5.41) is 24.7. The lowest BCUT2D eigenvalue weighted by Gasteiger charge is -2.56. The maximum absolute atomic E-state index is 15.4. The molecule has 6 aromatic rings. The highest BCUT2D eigenvalue weighted by molar-refractivity contribution is 6.01. The first-order valence-electron chi connectivity index (χ1n) is 22.8. The lowest BCUT2D eigenvalue weighted by atomic mass is 9.86. The molecular weight excluding hydrogens is 864 g/mol. The molecule has 1 aliphatic carbocycles. The molecule has 2 bridgehead atoms. The number of imide groups is 1. The summed E-state index contributed by atoms with van der Waals surface area (Å²) in [7, 11) is 0. The molecule has 16 nitrogen and oxygen atoms in total. The first kappa shape index (κ1) is 42.3. The van der Waals surface area contributed by atoms with Gasteiger partial charge in [-0.2, -0.15) is 15.5 Å². The van der Waals surface area contributed by atoms with Gasteiger partial charge in [0, 0.05) is 80.9 Å². The van der Waals surface area contributed by atoms with Gasteiger partial charge in [0.2, 0.25) is 11.8 Å². The van der Waals surface area contributed by atoms with E-state index in [4.69, 9.17) is 15.1 Å². The molecule has 5 saturated heterocycles. The Labute approximate surface area is 383 Å². The zero-order valence-electron chi connectivity index (χ0n) is 36.4. The van der Waals surface area contributed by atoms with Crippen LogP contribution in [0.5, 0.6) is 0 Å². The van der Waals surface area contributed by atoms with Crippen molar-refractivity contribution in [2.75, 3.05) is 54.4 Å². The number of halogens is 3. The van der Waals surface area contributed by atoms with Gasteiger partial charge in [0.25, 0.3) is 5.91 Å². The van der Waals surface area contributed by atoms with Crippen LogP contribution in [0.25, 0.3) is 28.0 Å². The molecule has 5 aliphatic heterocycles. The van der Waals surface area contributed by atoms with Crippen LogP contribution in [0.2, 0.25) is 0 Å². The number of carbonyl (C=O) groups excluding carboxylic acids is 3. The molecule has 0 radical (unpaired) electrons. The Hall–Kier alpha value is -7.33. The van der Waals surface area contributed by atoms with E-state index in [-0.39, 0.29) is 36.3 Å². The number of piperazine rings is 2. The summed E-state index contributed by atoms with van der Waals surface area (Å²) in [4.78, 5) is 55.0. The van der Waals surface area contributed by atoms with Crippen molar-refractivity contribution < 1.29 is 27.6 Å². The average molecular weight is 910 g/mol. The van der Waals surface area contributed by atoms with Crippen LogP contribution in [-0.2, 0) is 9.59 Å². The molecule has 6 fully saturated rings. The summed E-state index contributed by atoms with van der Waals surface area (Å²) in [6.07, 6.45) is 14.2. The fourth-order valence-electron chi connectivity index (χ4n) is 10.7. The number of rotatable bonds is 9. The first-order valence-corrected chi connectivity index (χ1v) is 22.8. The molecule has 67 heavy (non-hydrogen) atoms. The van der Waals surface area contributed by atoms with Crippen molar-refractivity contribution in [1.82, 2.24) is 44.5 Å². The average Bonchev–Trinajstić information content (AvgIpc) is 4.01. The number of fused-ring (bicyclic) bond motifs is 3. The van der Waals surface area contributed by atoms with Crippen molar-refractivity contribution in [3.8, 4) is 28.6 Å². The Morgan fingerprint density at radius 3 is 2.25 bits per heavy atom. The highest BCUT2D eigenvalue weighted by Gasteiger charge is 2.48. The molecule has 2 aromatic carbocycles. The largest absolute Gasteiger partial charge is 0.374 e. The summed E-state index contributed by atoms with van der Waals surface area (Å²) in [6, 6.07) is 14.1. The Bertz CT molecular complexity index is 2920. The number of pyridine rings is 1. The molecular formula is C48H46F3N13O3. The smallest absolute Gasteiger partial charge is 0.260 e. The van der Waals surface area contributed by atoms with Crippen LogP contribution in [0.3, 0.4) is 0 Å². The van der Waals surface area contributed by atoms with E-state index in [0.29, 0.717) is 83.9 Å². The van der Waals surface area contributed by atoms with Crippen LogP contribution in [0, 0.1) is 28.8 Å². The predicted octanol–water partition coefficient (Wildman–Crippen LogP) is 5.57. The fourth-order valence-corrected chi connectivity index (χ4v) is 10.7. The van der Waals surface area contributed by atoms with Crippen LogP contribution in [0.1, 0.15) is 66.9 Å². The molecule has 342 valence electrons. The maximum atomic E-state index is 15.4. The zero-order valence-corrected chi connectivity index (χ0v) is 36.4. The van der Waals surface area contributed by atoms with Crippen LogP contribution in [0.4, 0.5) is 30.4 Å². The Kier molecular flexibility index (Phi) is 10.8. The third kappa shape index (κ3) is 7.88. The zero-order chi connectivity index (χ0) is 45.9. The molecule has 6 aliphatic rings. The van der Waals surface area contributed by atoms with Crippen molar-refractivity contribution in [2.45, 2.75) is 75.2 Å². The lowest BCUT2D eigenvalue weighted by molar-refractivity contribution is -0.133. The molecule has 0 spiro atoms. The molecule has 3 atom stereocenters. The number of hydrogen-bond acceptors (Lipinski definition) is 12. The highest BCUT2D eigenvalue weighted by Crippen LogP contribution is 2.38. The van der Waals surface area contributed by atoms with E-state index in [9.17, 15) is 28.4 Å². The predicted molar refractivity (Wildman–Crippen MR) is 240 cm³/mol. The summed E-state index contributed by atoms with van der Waals surface area (Å²) >= 11 is 0. The lowest BCUT2D eigenvalue weighted by Crippen LogP contribution is -2.70. The van der Waals surface area contributed by atoms with Gasteiger partial charge in [0.05, 0.1) is 53.8 Å². The van der Waals surface area contributed by atoms with Gasteiger partial charge in [0.15, 0.2) is 0 Å². The Balaban J connectivity index is 0.718. The number of hydrogen-bond donors (Lipinski definition) is 2. The molecule has 3 amide bonds. The minimum Gasteiger partial charge on any atom is -0.374 e. The van der Waals surface area contributed by atoms with Crippen molar-refractivity contribution in [3.63, 3.8) is 0 Å². The first-order chi connectivity index (χ1) is 32.6. The van der Waals surface area contributed by atoms with E-state index in [2.05, 4.69) is 36.5 Å². The van der Waals surface area contributed by atoms with Crippen LogP contribution < -0.4 is 20.4 Å². The summed E-state index contributed by atoms with van der Waals surface area (Å²) in [6.45, 7) is 4.01. The number of amides is 3. The van der Waals surface area contributed by atoms with Crippen molar-refractivity contribution >= 4 is 40.4 Å². The fraction of sp³-hybridized carbons (Fsp3) is 0.375. The molecule has 19 heteroatoms. The number of carbonyl (C=O) groups is 3. The molecule has 1 saturated carbocycles. The second-order valence-corrected chi connectivity index (χ2v) is 18.1. The van der Waals surface area contributed by atoms with Crippen molar-refractivity contribution in [3.05, 3.63) is 108 Å². The molecule has 2 N–H and O–H groups in total. The molecule has 4 aromatic heterocycles. The van der Waals surface area contributed by atoms with Gasteiger partial charge in [-0.1, -0.05) is 6.07 Å². The number of piperidine rings is 2. The quantitative estimate of drug-likeness (QED) is 0.173. The van der Waals surface area contributed by atoms with E-state index in [1.54, 1.807) is 33.9 Å². The van der Waals surface area contributed by atoms with Gasteiger partial charge in [-0.25, -0.2) is 27.7 Å². The van der Waals surface area contributed by atoms with Gasteiger partial charge in [-0.15, -0.1) is 0 Å². The third-order valence-electron chi connectivity index (χ3n) is 14.2. The molecule has 12 rings (SSSR count). The monoisotopic (exact) mass is 909 g/mol. The Morgan fingerprint density at radius 1 is 0.791 bits per heavy atom. The Morgan fingerprint density at radius 2 is 1.55 bits per heavy atom. The van der Waals surface area contributed by atoms with Gasteiger partial charge in [-0.3, -0.25) is 29.3 Å². The summed E-state index contributed by atoms with van der Waals surface area (Å²) < 4.78 is 48.0. The van der Waals surface area contributed by atoms with Crippen LogP contribution in [0.15, 0.2) is 79.5 Å². The van der Waals surface area contributed by atoms with Crippen LogP contribution in [-0.4, -0.2) is 120 Å². The van der Waals surface area contributed by atoms with E-state index >= 15 is 4.39 Å². The van der Waals surface area contributed by atoms with Gasteiger partial charge < -0.3 is 20.0 Å². The summed E-state index contributed by atoms with van der Waals surface area (Å²) in [5.41, 5.74) is 4.15. The van der Waals surface area contributed by atoms with Gasteiger partial charge >= 0.3 is 0 Å². The van der Waals surface area contributed by atoms with E-state index in [1.807, 2.05) is 29.2 Å². The number of benzene rings is 2. The standard InChI is InChI=1S/C48H46F3N13O3/c49-36-2-1-3-37(50)44(36)48(67)64-34-19-35(64)26-61(25-34)42-12-4-28(21-53-42)45-46-29(20-52)22-55-63(46)27-40(57-45)30-23-54-62(24-30)33-8-6-32(7-9-33)59-14-16-60(17-15-59)41-11-5-31(18-38(41)51)56-39-10-13-43(65)58-47(39)66/h1-5,11-12,18,21-24,27,32-35,39,56H,6-10,13-17,19,25-26H2,(H,58,65,66)/t32?,33?,34?,35?,39-/m1/s1. The van der Waals surface area contributed by atoms with Crippen LogP contribution >= 0.6 is 0 Å². The normalized spacial score (nSPS) is 23.2. The molecule has 9 heterocycles. The number of anilines is 3. The van der Waals surface area contributed by atoms with E-state index < -0.39 is 35.1 Å². The second-order valence-electron chi connectivity index (χ2n) is 18.1. The van der Waals surface area contributed by atoms with E-state index in [1.165, 1.54) is 18.3 Å². The second kappa shape index (κ2) is 17.1. The maximum Gasteiger partial charge on any atom is 0.260 e. The SMILES string of the molecule is N#Cc1cnn2cc(-c3cnn(C4CCC(N5CCN(c6ccc(N[C@@H]7CCC(=O)NC7=O)cc6F)CC5)CC4)c3)nc(-c3ccc(N4CC5CC(C4)N5C(=O)c4c(F)cccc4F)nc3)c12. The van der Waals surface area contributed by atoms with E-state index in [0.717, 1.165) is 62.9 Å². The minimum absolute atomic E-state index is 0.197. The van der Waals surface area contributed by atoms with Gasteiger partial charge in [0.1, 0.15) is 52.0 Å². The highest BCUT2D eigenvalue weighted by atomic mass is 19.1. The summed E-state index contributed by atoms with van der Waals surface area (Å²) in [5.74, 6) is -2.70. The van der Waals surface area contributed by atoms with Gasteiger partial charge in [-0.05, 0) is 81.0 Å². The molecule has 2 unspecified atom stereocenters. The number of nitrogens with zero attached hydrogens (tertiary/aromatic N) is 11. The van der Waals surface area contributed by atoms with Crippen molar-refractivity contribution in [2.24, 2.45) is 0 Å². The number of aromatic nitrogens is 6.